The maximum Gasteiger partial charge on any atom is 0.338 e. The van der Waals surface area contributed by atoms with Gasteiger partial charge in [0, 0.05) is 18.7 Å². The molecule has 0 spiro atoms. The van der Waals surface area contributed by atoms with E-state index in [9.17, 15) is 9.59 Å². The second-order valence-electron chi connectivity index (χ2n) is 4.62. The number of carbonyl (C=O) groups is 2. The highest BCUT2D eigenvalue weighted by molar-refractivity contribution is 5.95. The molecule has 4 heteroatoms. The van der Waals surface area contributed by atoms with Gasteiger partial charge < -0.3 is 9.64 Å². The van der Waals surface area contributed by atoms with Crippen molar-refractivity contribution in [2.45, 2.75) is 32.6 Å². The summed E-state index contributed by atoms with van der Waals surface area (Å²) in [7, 11) is 0. The van der Waals surface area contributed by atoms with Crippen molar-refractivity contribution in [2.24, 2.45) is 0 Å². The van der Waals surface area contributed by atoms with Crippen LogP contribution < -0.4 is 4.90 Å². The Labute approximate surface area is 113 Å². The average Bonchev–Trinajstić information content (AvgIpc) is 2.64. The Morgan fingerprint density at radius 3 is 2.63 bits per heavy atom. The predicted molar refractivity (Wildman–Crippen MR) is 73.2 cm³/mol. The summed E-state index contributed by atoms with van der Waals surface area (Å²) in [5.41, 5.74) is 1.38. The first-order chi connectivity index (χ1) is 9.22. The topological polar surface area (TPSA) is 46.6 Å². The molecule has 4 nitrogen and oxygen atoms in total. The summed E-state index contributed by atoms with van der Waals surface area (Å²) in [6.45, 7) is 2.91. The van der Waals surface area contributed by atoms with E-state index in [1.165, 1.54) is 0 Å². The molecule has 0 aromatic heterocycles. The van der Waals surface area contributed by atoms with Gasteiger partial charge in [-0.05, 0) is 44.0 Å². The zero-order chi connectivity index (χ0) is 13.7. The molecule has 0 bridgehead atoms. The van der Waals surface area contributed by atoms with Gasteiger partial charge in [-0.15, -0.1) is 0 Å². The third-order valence-corrected chi connectivity index (χ3v) is 3.26. The smallest absolute Gasteiger partial charge is 0.338 e. The third kappa shape index (κ3) is 3.34. The van der Waals surface area contributed by atoms with Crippen LogP contribution in [0.5, 0.6) is 0 Å². The molecule has 102 valence electrons. The van der Waals surface area contributed by atoms with Gasteiger partial charge >= 0.3 is 5.97 Å². The number of hydrogen-bond donors (Lipinski definition) is 0. The van der Waals surface area contributed by atoms with Gasteiger partial charge in [-0.1, -0.05) is 6.42 Å². The van der Waals surface area contributed by atoms with Crippen LogP contribution in [0.4, 0.5) is 5.69 Å². The van der Waals surface area contributed by atoms with Gasteiger partial charge in [-0.25, -0.2) is 4.79 Å². The minimum Gasteiger partial charge on any atom is -0.462 e. The highest BCUT2D eigenvalue weighted by Gasteiger charge is 2.18. The van der Waals surface area contributed by atoms with E-state index in [1.807, 2.05) is 17.0 Å². The average molecular weight is 261 g/mol. The lowest BCUT2D eigenvalue weighted by atomic mass is 10.2. The van der Waals surface area contributed by atoms with Gasteiger partial charge in [0.15, 0.2) is 0 Å². The zero-order valence-electron chi connectivity index (χ0n) is 11.2. The predicted octanol–water partition coefficient (Wildman–Crippen LogP) is 2.77. The quantitative estimate of drug-likeness (QED) is 0.786. The molecule has 0 atom stereocenters. The van der Waals surface area contributed by atoms with Crippen molar-refractivity contribution >= 4 is 17.6 Å². The molecule has 0 saturated carbocycles. The van der Waals surface area contributed by atoms with Gasteiger partial charge in [-0.3, -0.25) is 4.79 Å². The fourth-order valence-corrected chi connectivity index (χ4v) is 2.25. The number of carbonyl (C=O) groups excluding carboxylic acids is 2. The first-order valence-electron chi connectivity index (χ1n) is 6.80. The molecule has 2 rings (SSSR count). The molecule has 19 heavy (non-hydrogen) atoms. The van der Waals surface area contributed by atoms with E-state index in [-0.39, 0.29) is 11.9 Å². The molecule has 1 heterocycles. The Kier molecular flexibility index (Phi) is 4.55. The summed E-state index contributed by atoms with van der Waals surface area (Å²) in [5.74, 6) is -0.155. The van der Waals surface area contributed by atoms with Crippen LogP contribution in [0.15, 0.2) is 24.3 Å². The molecule has 1 saturated heterocycles. The summed E-state index contributed by atoms with van der Waals surface area (Å²) >= 11 is 0. The first kappa shape index (κ1) is 13.6. The van der Waals surface area contributed by atoms with Gasteiger partial charge in [-0.2, -0.15) is 0 Å². The summed E-state index contributed by atoms with van der Waals surface area (Å²) in [6, 6.07) is 7.06. The molecule has 1 aliphatic heterocycles. The molecule has 0 N–H and O–H groups in total. The lowest BCUT2D eigenvalue weighted by Gasteiger charge is -2.20. The number of esters is 1. The number of nitrogens with zero attached hydrogens (tertiary/aromatic N) is 1. The van der Waals surface area contributed by atoms with Gasteiger partial charge in [0.1, 0.15) is 0 Å². The summed E-state index contributed by atoms with van der Waals surface area (Å²) in [6.07, 6.45) is 3.71. The molecule has 1 fully saturated rings. The van der Waals surface area contributed by atoms with E-state index >= 15 is 0 Å². The first-order valence-corrected chi connectivity index (χ1v) is 6.80. The molecular weight excluding hydrogens is 242 g/mol. The van der Waals surface area contributed by atoms with Crippen LogP contribution in [0.2, 0.25) is 0 Å². The van der Waals surface area contributed by atoms with Crippen molar-refractivity contribution < 1.29 is 14.3 Å². The van der Waals surface area contributed by atoms with Crippen molar-refractivity contribution in [3.8, 4) is 0 Å². The second kappa shape index (κ2) is 6.36. The van der Waals surface area contributed by atoms with Crippen molar-refractivity contribution in [3.05, 3.63) is 29.8 Å². The van der Waals surface area contributed by atoms with E-state index in [1.54, 1.807) is 19.1 Å². The molecule has 0 radical (unpaired) electrons. The number of rotatable bonds is 3. The van der Waals surface area contributed by atoms with Gasteiger partial charge in [0.2, 0.25) is 5.91 Å². The maximum absolute atomic E-state index is 12.0. The van der Waals surface area contributed by atoms with Crippen molar-refractivity contribution in [1.82, 2.24) is 0 Å². The van der Waals surface area contributed by atoms with Crippen LogP contribution in [0.1, 0.15) is 43.0 Å². The van der Waals surface area contributed by atoms with E-state index in [0.29, 0.717) is 18.6 Å². The highest BCUT2D eigenvalue weighted by Crippen LogP contribution is 2.21. The van der Waals surface area contributed by atoms with Crippen molar-refractivity contribution in [1.29, 1.82) is 0 Å². The maximum atomic E-state index is 12.0. The summed E-state index contributed by atoms with van der Waals surface area (Å²) < 4.78 is 4.93. The summed E-state index contributed by atoms with van der Waals surface area (Å²) in [5, 5.41) is 0. The Bertz CT molecular complexity index is 453. The van der Waals surface area contributed by atoms with Crippen molar-refractivity contribution in [2.75, 3.05) is 18.1 Å². The lowest BCUT2D eigenvalue weighted by Crippen LogP contribution is -2.29. The van der Waals surface area contributed by atoms with E-state index in [0.717, 1.165) is 31.5 Å². The standard InChI is InChI=1S/C15H19NO3/c1-2-19-15(18)12-7-9-13(10-8-12)16-11-5-3-4-6-14(16)17/h7-10H,2-6,11H2,1H3. The van der Waals surface area contributed by atoms with Crippen LogP contribution >= 0.6 is 0 Å². The Hall–Kier alpha value is -1.84. The minimum absolute atomic E-state index is 0.168. The summed E-state index contributed by atoms with van der Waals surface area (Å²) in [4.78, 5) is 25.3. The van der Waals surface area contributed by atoms with Crippen LogP contribution in [-0.4, -0.2) is 25.0 Å². The van der Waals surface area contributed by atoms with Crippen LogP contribution in [0.3, 0.4) is 0 Å². The largest absolute Gasteiger partial charge is 0.462 e. The number of benzene rings is 1. The van der Waals surface area contributed by atoms with E-state index < -0.39 is 0 Å². The fraction of sp³-hybridized carbons (Fsp3) is 0.467. The second-order valence-corrected chi connectivity index (χ2v) is 4.62. The zero-order valence-corrected chi connectivity index (χ0v) is 11.2. The third-order valence-electron chi connectivity index (χ3n) is 3.26. The Morgan fingerprint density at radius 1 is 1.21 bits per heavy atom. The Morgan fingerprint density at radius 2 is 1.95 bits per heavy atom. The molecular formula is C15H19NO3. The molecule has 1 aromatic carbocycles. The Balaban J connectivity index is 2.12. The van der Waals surface area contributed by atoms with E-state index in [2.05, 4.69) is 0 Å². The van der Waals surface area contributed by atoms with Crippen LogP contribution in [-0.2, 0) is 9.53 Å². The van der Waals surface area contributed by atoms with Crippen LogP contribution in [0.25, 0.3) is 0 Å². The molecule has 1 aromatic rings. The lowest BCUT2D eigenvalue weighted by molar-refractivity contribution is -0.118. The SMILES string of the molecule is CCOC(=O)c1ccc(N2CCCCCC2=O)cc1. The van der Waals surface area contributed by atoms with E-state index in [4.69, 9.17) is 4.74 Å². The number of hydrogen-bond acceptors (Lipinski definition) is 3. The fourth-order valence-electron chi connectivity index (χ4n) is 2.25. The molecule has 1 amide bonds. The number of anilines is 1. The number of ether oxygens (including phenoxy) is 1. The molecule has 0 unspecified atom stereocenters. The number of amides is 1. The van der Waals surface area contributed by atoms with Crippen molar-refractivity contribution in [3.63, 3.8) is 0 Å². The normalized spacial score (nSPS) is 16.1. The molecule has 1 aliphatic rings. The van der Waals surface area contributed by atoms with Gasteiger partial charge in [0.05, 0.1) is 12.2 Å². The van der Waals surface area contributed by atoms with Crippen LogP contribution in [0, 0.1) is 0 Å². The minimum atomic E-state index is -0.323. The molecule has 0 aliphatic carbocycles. The highest BCUT2D eigenvalue weighted by atomic mass is 16.5. The van der Waals surface area contributed by atoms with Gasteiger partial charge in [0.25, 0.3) is 0 Å². The monoisotopic (exact) mass is 261 g/mol.